The second-order valence-corrected chi connectivity index (χ2v) is 6.94. The minimum Gasteiger partial charge on any atom is -0.423 e. The van der Waals surface area contributed by atoms with Crippen molar-refractivity contribution in [1.82, 2.24) is 10.0 Å². The third-order valence-electron chi connectivity index (χ3n) is 3.37. The number of benzene rings is 1. The normalized spacial score (nSPS) is 11.8. The van der Waals surface area contributed by atoms with Gasteiger partial charge < -0.3 is 10.0 Å². The van der Waals surface area contributed by atoms with E-state index in [2.05, 4.69) is 5.10 Å². The molecule has 0 saturated heterocycles. The average molecular weight is 348 g/mol. The topological polar surface area (TPSA) is 102 Å². The van der Waals surface area contributed by atoms with Gasteiger partial charge in [0.15, 0.2) is 0 Å². The Morgan fingerprint density at radius 2 is 1.80 bits per heavy atom. The van der Waals surface area contributed by atoms with E-state index in [9.17, 15) is 14.8 Å². The summed E-state index contributed by atoms with van der Waals surface area (Å²) in [5.74, 6) is 6.28. The summed E-state index contributed by atoms with van der Waals surface area (Å²) in [6.45, 7) is 9.20. The molecule has 25 heavy (non-hydrogen) atoms. The Morgan fingerprint density at radius 1 is 1.20 bits per heavy atom. The number of hydrogen-bond donors (Lipinski definition) is 3. The van der Waals surface area contributed by atoms with Crippen LogP contribution in [-0.2, 0) is 4.79 Å². The van der Waals surface area contributed by atoms with Crippen LogP contribution in [0.2, 0.25) is 0 Å². The molecule has 4 N–H and O–H groups in total. The highest BCUT2D eigenvalue weighted by molar-refractivity contribution is 6.60. The fraction of sp³-hybridized carbons (Fsp3) is 0.529. The van der Waals surface area contributed by atoms with Crippen molar-refractivity contribution in [3.8, 4) is 0 Å². The lowest BCUT2D eigenvalue weighted by atomic mass is 9.77. The van der Waals surface area contributed by atoms with Crippen LogP contribution in [0.25, 0.3) is 0 Å². The number of amides is 1. The molecule has 1 rings (SSSR count). The molecule has 1 aromatic rings. The maximum Gasteiger partial charge on any atom is 0.489 e. The predicted molar refractivity (Wildman–Crippen MR) is 101 cm³/mol. The van der Waals surface area contributed by atoms with Crippen LogP contribution in [0.15, 0.2) is 29.4 Å². The third kappa shape index (κ3) is 7.79. The number of hydrogen-bond acceptors (Lipinski definition) is 6. The van der Waals surface area contributed by atoms with Crippen molar-refractivity contribution >= 4 is 24.7 Å². The minimum atomic E-state index is -1.59. The highest BCUT2D eigenvalue weighted by Crippen LogP contribution is 2.03. The highest BCUT2D eigenvalue weighted by atomic mass is 16.4. The molecule has 0 saturated carbocycles. The number of nitrogens with zero attached hydrogens (tertiary/aromatic N) is 3. The van der Waals surface area contributed by atoms with E-state index >= 15 is 0 Å². The summed E-state index contributed by atoms with van der Waals surface area (Å²) in [6, 6.07) is 6.79. The number of rotatable bonds is 9. The second kappa shape index (κ2) is 10.3. The number of carbonyl (C=O) groups excluding carboxylic acids is 1. The molecule has 1 aromatic carbocycles. The zero-order valence-electron chi connectivity index (χ0n) is 15.5. The van der Waals surface area contributed by atoms with Gasteiger partial charge in [-0.25, -0.2) is 10.0 Å². The summed E-state index contributed by atoms with van der Waals surface area (Å²) in [6.07, 6.45) is 1.47. The van der Waals surface area contributed by atoms with Crippen LogP contribution >= 0.6 is 0 Å². The summed E-state index contributed by atoms with van der Waals surface area (Å²) < 4.78 is 0. The molecule has 0 aliphatic heterocycles. The molecule has 8 heteroatoms. The zero-order valence-corrected chi connectivity index (χ0v) is 15.5. The zero-order chi connectivity index (χ0) is 19.0. The lowest BCUT2D eigenvalue weighted by Gasteiger charge is -2.23. The van der Waals surface area contributed by atoms with Crippen LogP contribution in [0, 0.1) is 11.8 Å². The Labute approximate surface area is 150 Å². The van der Waals surface area contributed by atoms with Crippen molar-refractivity contribution in [3.05, 3.63) is 29.8 Å². The number of carbonyl (C=O) groups is 1. The standard InChI is InChI=1S/C17H29BN4O3/c1-13(2)10-21(19)12-17(23)22(11-14(3)4)20-9-15-7-5-6-8-16(15)18(24)25/h5-9,13-14,24-25H,10-12,19H2,1-4H3. The average Bonchev–Trinajstić information content (AvgIpc) is 2.50. The van der Waals surface area contributed by atoms with E-state index < -0.39 is 7.12 Å². The van der Waals surface area contributed by atoms with Crippen LogP contribution < -0.4 is 11.3 Å². The summed E-state index contributed by atoms with van der Waals surface area (Å²) in [4.78, 5) is 12.5. The van der Waals surface area contributed by atoms with Gasteiger partial charge in [-0.3, -0.25) is 10.6 Å². The van der Waals surface area contributed by atoms with Crippen LogP contribution in [0.1, 0.15) is 33.3 Å². The molecule has 0 atom stereocenters. The molecular formula is C17H29BN4O3. The largest absolute Gasteiger partial charge is 0.489 e. The molecule has 0 aliphatic rings. The fourth-order valence-corrected chi connectivity index (χ4v) is 2.34. The van der Waals surface area contributed by atoms with Gasteiger partial charge >= 0.3 is 7.12 Å². The van der Waals surface area contributed by atoms with E-state index in [1.165, 1.54) is 16.2 Å². The molecule has 0 spiro atoms. The quantitative estimate of drug-likeness (QED) is 0.253. The van der Waals surface area contributed by atoms with Crippen LogP contribution in [0.3, 0.4) is 0 Å². The summed E-state index contributed by atoms with van der Waals surface area (Å²) >= 11 is 0. The molecule has 0 aromatic heterocycles. The highest BCUT2D eigenvalue weighted by Gasteiger charge is 2.18. The molecule has 0 heterocycles. The van der Waals surface area contributed by atoms with Gasteiger partial charge in [-0.15, -0.1) is 0 Å². The molecule has 0 fully saturated rings. The third-order valence-corrected chi connectivity index (χ3v) is 3.37. The van der Waals surface area contributed by atoms with Crippen molar-refractivity contribution in [2.24, 2.45) is 22.8 Å². The first kappa shape index (κ1) is 21.3. The van der Waals surface area contributed by atoms with E-state index in [1.54, 1.807) is 24.3 Å². The Hall–Kier alpha value is -1.74. The Balaban J connectivity index is 2.90. The van der Waals surface area contributed by atoms with Gasteiger partial charge in [0.1, 0.15) is 0 Å². The lowest BCUT2D eigenvalue weighted by Crippen LogP contribution is -2.44. The minimum absolute atomic E-state index is 0.0759. The van der Waals surface area contributed by atoms with Gasteiger partial charge in [-0.1, -0.05) is 52.0 Å². The van der Waals surface area contributed by atoms with Gasteiger partial charge in [-0.2, -0.15) is 5.10 Å². The summed E-state index contributed by atoms with van der Waals surface area (Å²) in [5, 5.41) is 26.0. The first-order valence-corrected chi connectivity index (χ1v) is 8.49. The first-order chi connectivity index (χ1) is 11.7. The van der Waals surface area contributed by atoms with E-state index in [4.69, 9.17) is 5.84 Å². The monoisotopic (exact) mass is 348 g/mol. The maximum absolute atomic E-state index is 12.5. The predicted octanol–water partition coefficient (Wildman–Crippen LogP) is 0.0166. The number of hydrazine groups is 1. The Bertz CT molecular complexity index is 579. The van der Waals surface area contributed by atoms with E-state index in [0.29, 0.717) is 30.0 Å². The molecule has 0 radical (unpaired) electrons. The fourth-order valence-electron chi connectivity index (χ4n) is 2.34. The van der Waals surface area contributed by atoms with Gasteiger partial charge in [-0.05, 0) is 22.9 Å². The molecule has 138 valence electrons. The molecule has 0 unspecified atom stereocenters. The van der Waals surface area contributed by atoms with E-state index in [-0.39, 0.29) is 18.4 Å². The smallest absolute Gasteiger partial charge is 0.423 e. The van der Waals surface area contributed by atoms with E-state index in [0.717, 1.165) is 0 Å². The maximum atomic E-state index is 12.5. The SMILES string of the molecule is CC(C)CN(N)CC(=O)N(CC(C)C)N=Cc1ccccc1B(O)O. The van der Waals surface area contributed by atoms with Crippen LogP contribution in [0.4, 0.5) is 0 Å². The lowest BCUT2D eigenvalue weighted by molar-refractivity contribution is -0.133. The molecule has 7 nitrogen and oxygen atoms in total. The first-order valence-electron chi connectivity index (χ1n) is 8.49. The van der Waals surface area contributed by atoms with Crippen LogP contribution in [0.5, 0.6) is 0 Å². The summed E-state index contributed by atoms with van der Waals surface area (Å²) in [5.41, 5.74) is 0.884. The van der Waals surface area contributed by atoms with Crippen molar-refractivity contribution < 1.29 is 14.8 Å². The van der Waals surface area contributed by atoms with Gasteiger partial charge in [0.05, 0.1) is 12.8 Å². The van der Waals surface area contributed by atoms with Gasteiger partial charge in [0.2, 0.25) is 0 Å². The number of hydrazone groups is 1. The molecule has 0 aliphatic carbocycles. The van der Waals surface area contributed by atoms with Crippen molar-refractivity contribution in [3.63, 3.8) is 0 Å². The van der Waals surface area contributed by atoms with Gasteiger partial charge in [0.25, 0.3) is 5.91 Å². The molecular weight excluding hydrogens is 319 g/mol. The van der Waals surface area contributed by atoms with Crippen LogP contribution in [-0.4, -0.2) is 58.9 Å². The van der Waals surface area contributed by atoms with Crippen molar-refractivity contribution in [2.75, 3.05) is 19.6 Å². The van der Waals surface area contributed by atoms with Crippen molar-refractivity contribution in [2.45, 2.75) is 27.7 Å². The summed E-state index contributed by atoms with van der Waals surface area (Å²) in [7, 11) is -1.59. The van der Waals surface area contributed by atoms with Gasteiger partial charge in [0, 0.05) is 13.1 Å². The van der Waals surface area contributed by atoms with E-state index in [1.807, 2.05) is 27.7 Å². The second-order valence-electron chi connectivity index (χ2n) is 6.94. The Morgan fingerprint density at radius 3 is 2.36 bits per heavy atom. The van der Waals surface area contributed by atoms with Crippen molar-refractivity contribution in [1.29, 1.82) is 0 Å². The Kier molecular flexibility index (Phi) is 8.78. The molecule has 1 amide bonds. The molecule has 0 bridgehead atoms. The number of nitrogens with two attached hydrogens (primary N) is 1.